The van der Waals surface area contributed by atoms with Gasteiger partial charge in [0.05, 0.1) is 0 Å². The first-order chi connectivity index (χ1) is 13.3. The molecule has 3 aromatic rings. The molecule has 1 N–H and O–H groups in total. The summed E-state index contributed by atoms with van der Waals surface area (Å²) in [4.78, 5) is 28.5. The molecule has 1 aliphatic rings. The Balaban J connectivity index is 1.82. The Hall–Kier alpha value is -3.14. The fourth-order valence-electron chi connectivity index (χ4n) is 4.35. The average Bonchev–Trinajstić information content (AvgIpc) is 2.85. The molecule has 3 aromatic carbocycles. The summed E-state index contributed by atoms with van der Waals surface area (Å²) >= 11 is 0. The number of rotatable bonds is 3. The van der Waals surface area contributed by atoms with Crippen LogP contribution in [-0.2, 0) is 11.2 Å². The highest BCUT2D eigenvalue weighted by atomic mass is 16.2. The lowest BCUT2D eigenvalue weighted by molar-refractivity contribution is -0.125. The fourth-order valence-corrected chi connectivity index (χ4v) is 4.35. The molecule has 0 aliphatic carbocycles. The van der Waals surface area contributed by atoms with Crippen LogP contribution in [0, 0.1) is 0 Å². The Morgan fingerprint density at radius 3 is 2.29 bits per heavy atom. The zero-order valence-electron chi connectivity index (χ0n) is 16.4. The van der Waals surface area contributed by atoms with Gasteiger partial charge in [0.15, 0.2) is 0 Å². The summed E-state index contributed by atoms with van der Waals surface area (Å²) in [7, 11) is 0. The van der Waals surface area contributed by atoms with Gasteiger partial charge in [-0.15, -0.1) is 0 Å². The summed E-state index contributed by atoms with van der Waals surface area (Å²) < 4.78 is 0. The monoisotopic (exact) mass is 372 g/mol. The van der Waals surface area contributed by atoms with E-state index in [4.69, 9.17) is 0 Å². The number of benzene rings is 3. The number of hydrogen-bond donors (Lipinski definition) is 1. The van der Waals surface area contributed by atoms with E-state index in [1.165, 1.54) is 0 Å². The van der Waals surface area contributed by atoms with E-state index in [-0.39, 0.29) is 11.8 Å². The van der Waals surface area contributed by atoms with Crippen molar-refractivity contribution in [2.75, 3.05) is 0 Å². The lowest BCUT2D eigenvalue weighted by Gasteiger charge is -2.39. The lowest BCUT2D eigenvalue weighted by Crippen LogP contribution is -2.56. The van der Waals surface area contributed by atoms with Crippen LogP contribution >= 0.6 is 0 Å². The normalized spacial score (nSPS) is 21.0. The van der Waals surface area contributed by atoms with Crippen LogP contribution < -0.4 is 5.32 Å². The Bertz CT molecular complexity index is 1050. The minimum absolute atomic E-state index is 0.130. The molecule has 0 aromatic heterocycles. The number of fused-ring (bicyclic) bond motifs is 1. The van der Waals surface area contributed by atoms with Gasteiger partial charge in [-0.05, 0) is 43.2 Å². The van der Waals surface area contributed by atoms with Crippen molar-refractivity contribution in [2.24, 2.45) is 0 Å². The van der Waals surface area contributed by atoms with Gasteiger partial charge in [0.2, 0.25) is 5.91 Å². The van der Waals surface area contributed by atoms with E-state index in [0.717, 1.165) is 16.3 Å². The van der Waals surface area contributed by atoms with E-state index in [9.17, 15) is 9.59 Å². The van der Waals surface area contributed by atoms with Gasteiger partial charge in [-0.2, -0.15) is 0 Å². The third-order valence-electron chi connectivity index (χ3n) is 5.58. The van der Waals surface area contributed by atoms with Crippen LogP contribution in [0.5, 0.6) is 0 Å². The van der Waals surface area contributed by atoms with Gasteiger partial charge in [-0.3, -0.25) is 9.59 Å². The first-order valence-corrected chi connectivity index (χ1v) is 9.52. The Labute approximate surface area is 165 Å². The molecule has 0 saturated carbocycles. The van der Waals surface area contributed by atoms with Crippen molar-refractivity contribution in [3.8, 4) is 0 Å². The van der Waals surface area contributed by atoms with Gasteiger partial charge < -0.3 is 10.2 Å². The quantitative estimate of drug-likeness (QED) is 0.751. The zero-order chi connectivity index (χ0) is 19.9. The molecule has 4 heteroatoms. The molecule has 142 valence electrons. The molecule has 1 saturated heterocycles. The highest BCUT2D eigenvalue weighted by Gasteiger charge is 2.56. The van der Waals surface area contributed by atoms with Gasteiger partial charge in [-0.25, -0.2) is 0 Å². The fraction of sp³-hybridized carbons (Fsp3) is 0.250. The van der Waals surface area contributed by atoms with Gasteiger partial charge >= 0.3 is 0 Å². The number of amides is 2. The highest BCUT2D eigenvalue weighted by Crippen LogP contribution is 2.36. The average molecular weight is 372 g/mol. The van der Waals surface area contributed by atoms with Crippen LogP contribution in [0.4, 0.5) is 0 Å². The minimum atomic E-state index is -0.973. The van der Waals surface area contributed by atoms with E-state index in [1.807, 2.05) is 93.6 Å². The molecule has 0 radical (unpaired) electrons. The number of nitrogens with one attached hydrogen (secondary N) is 1. The smallest absolute Gasteiger partial charge is 0.257 e. The predicted molar refractivity (Wildman–Crippen MR) is 111 cm³/mol. The van der Waals surface area contributed by atoms with Gasteiger partial charge in [0.25, 0.3) is 5.91 Å². The van der Waals surface area contributed by atoms with Crippen LogP contribution in [0.1, 0.15) is 36.7 Å². The second kappa shape index (κ2) is 6.48. The third kappa shape index (κ3) is 2.85. The first-order valence-electron chi connectivity index (χ1n) is 9.52. The maximum atomic E-state index is 13.8. The van der Waals surface area contributed by atoms with Crippen molar-refractivity contribution in [3.05, 3.63) is 83.9 Å². The molecule has 1 heterocycles. The summed E-state index contributed by atoms with van der Waals surface area (Å²) in [5.41, 5.74) is -0.122. The Kier molecular flexibility index (Phi) is 4.22. The van der Waals surface area contributed by atoms with Crippen molar-refractivity contribution >= 4 is 22.6 Å². The largest absolute Gasteiger partial charge is 0.332 e. The van der Waals surface area contributed by atoms with Gasteiger partial charge in [0, 0.05) is 12.0 Å². The summed E-state index contributed by atoms with van der Waals surface area (Å²) in [6.07, 6.45) is 0.458. The second-order valence-corrected chi connectivity index (χ2v) is 8.12. The number of hydrogen-bond acceptors (Lipinski definition) is 2. The number of carbonyl (C=O) groups is 2. The number of carbonyl (C=O) groups excluding carboxylic acids is 2. The van der Waals surface area contributed by atoms with Crippen LogP contribution in [-0.4, -0.2) is 27.9 Å². The third-order valence-corrected chi connectivity index (χ3v) is 5.58. The van der Waals surface area contributed by atoms with Crippen molar-refractivity contribution in [2.45, 2.75) is 38.4 Å². The summed E-state index contributed by atoms with van der Waals surface area (Å²) in [6, 6.07) is 23.4. The molecule has 0 bridgehead atoms. The molecule has 2 amide bonds. The van der Waals surface area contributed by atoms with Crippen molar-refractivity contribution in [1.82, 2.24) is 10.2 Å². The van der Waals surface area contributed by atoms with E-state index in [1.54, 1.807) is 4.90 Å². The van der Waals surface area contributed by atoms with Crippen molar-refractivity contribution in [1.29, 1.82) is 0 Å². The first kappa shape index (κ1) is 18.2. The standard InChI is InChI=1S/C24H24N2O2/c1-23(2)25-22(28)24(3,16-17-10-5-4-6-11-17)26(23)21(27)20-15-9-13-18-12-7-8-14-19(18)20/h4-15H,16H2,1-3H3,(H,25,28)/t24-/m1/s1. The SMILES string of the molecule is CC1(C)NC(=O)[C@@](C)(Cc2ccccc2)N1C(=O)c1cccc2ccccc12. The van der Waals surface area contributed by atoms with Crippen molar-refractivity contribution < 1.29 is 9.59 Å². The molecule has 1 fully saturated rings. The molecule has 1 atom stereocenters. The van der Waals surface area contributed by atoms with Crippen molar-refractivity contribution in [3.63, 3.8) is 0 Å². The predicted octanol–water partition coefficient (Wildman–Crippen LogP) is 4.15. The summed E-state index contributed by atoms with van der Waals surface area (Å²) in [5.74, 6) is -0.270. The molecule has 0 unspecified atom stereocenters. The van der Waals surface area contributed by atoms with E-state index < -0.39 is 11.2 Å². The Morgan fingerprint density at radius 1 is 0.893 bits per heavy atom. The maximum absolute atomic E-state index is 13.8. The second-order valence-electron chi connectivity index (χ2n) is 8.12. The van der Waals surface area contributed by atoms with E-state index in [2.05, 4.69) is 5.32 Å². The summed E-state index contributed by atoms with van der Waals surface area (Å²) in [5, 5.41) is 4.92. The minimum Gasteiger partial charge on any atom is -0.332 e. The lowest BCUT2D eigenvalue weighted by atomic mass is 9.89. The van der Waals surface area contributed by atoms with Gasteiger partial charge in [0.1, 0.15) is 11.2 Å². The topological polar surface area (TPSA) is 49.4 Å². The van der Waals surface area contributed by atoms with Gasteiger partial charge in [-0.1, -0.05) is 66.7 Å². The van der Waals surface area contributed by atoms with E-state index >= 15 is 0 Å². The van der Waals surface area contributed by atoms with Crippen LogP contribution in [0.2, 0.25) is 0 Å². The molecule has 1 aliphatic heterocycles. The van der Waals surface area contributed by atoms with Crippen LogP contribution in [0.25, 0.3) is 10.8 Å². The molecule has 28 heavy (non-hydrogen) atoms. The van der Waals surface area contributed by atoms with E-state index in [0.29, 0.717) is 12.0 Å². The molecule has 4 rings (SSSR count). The molecular weight excluding hydrogens is 348 g/mol. The highest BCUT2D eigenvalue weighted by molar-refractivity contribution is 6.10. The van der Waals surface area contributed by atoms with Crippen LogP contribution in [0.3, 0.4) is 0 Å². The van der Waals surface area contributed by atoms with Crippen LogP contribution in [0.15, 0.2) is 72.8 Å². The number of nitrogens with zero attached hydrogens (tertiary/aromatic N) is 1. The zero-order valence-corrected chi connectivity index (χ0v) is 16.4. The molecule has 0 spiro atoms. The molecule has 4 nitrogen and oxygen atoms in total. The maximum Gasteiger partial charge on any atom is 0.257 e. The summed E-state index contributed by atoms with van der Waals surface area (Å²) in [6.45, 7) is 5.61. The Morgan fingerprint density at radius 2 is 1.54 bits per heavy atom. The molecular formula is C24H24N2O2.